The van der Waals surface area contributed by atoms with E-state index in [2.05, 4.69) is 4.72 Å². The summed E-state index contributed by atoms with van der Waals surface area (Å²) >= 11 is 0. The van der Waals surface area contributed by atoms with E-state index in [4.69, 9.17) is 4.74 Å². The largest absolute Gasteiger partial charge is 0.461 e. The molecule has 0 amide bonds. The zero-order valence-electron chi connectivity index (χ0n) is 11.9. The Balaban J connectivity index is 3.11. The van der Waals surface area contributed by atoms with E-state index in [9.17, 15) is 13.2 Å². The number of aryl methyl sites for hydroxylation is 1. The first-order valence-corrected chi connectivity index (χ1v) is 7.42. The third-order valence-electron chi connectivity index (χ3n) is 2.22. The van der Waals surface area contributed by atoms with Crippen LogP contribution in [0.15, 0.2) is 17.2 Å². The van der Waals surface area contributed by atoms with Crippen LogP contribution in [0.5, 0.6) is 0 Å². The summed E-state index contributed by atoms with van der Waals surface area (Å²) in [6.45, 7) is 7.19. The summed E-state index contributed by atoms with van der Waals surface area (Å²) in [5, 5.41) is 0. The van der Waals surface area contributed by atoms with Gasteiger partial charge in [0.15, 0.2) is 0 Å². The van der Waals surface area contributed by atoms with Crippen molar-refractivity contribution < 1.29 is 17.9 Å². The second-order valence-electron chi connectivity index (χ2n) is 5.25. The Morgan fingerprint density at radius 3 is 2.47 bits per heavy atom. The standard InChI is InChI=1S/C12H20N2O4S/c1-6-18-11(15)10-7-9(8-14(10)5)19(16,17)13-12(2,3)4/h7-8,13H,6H2,1-5H3. The lowest BCUT2D eigenvalue weighted by Crippen LogP contribution is -2.40. The third-order valence-corrected chi connectivity index (χ3v) is 3.94. The molecule has 1 aromatic heterocycles. The van der Waals surface area contributed by atoms with Crippen molar-refractivity contribution in [2.75, 3.05) is 6.61 Å². The highest BCUT2D eigenvalue weighted by Gasteiger charge is 2.25. The molecule has 6 nitrogen and oxygen atoms in total. The molecule has 0 bridgehead atoms. The van der Waals surface area contributed by atoms with Crippen LogP contribution < -0.4 is 4.72 Å². The summed E-state index contributed by atoms with van der Waals surface area (Å²) in [4.78, 5) is 11.7. The summed E-state index contributed by atoms with van der Waals surface area (Å²) in [6.07, 6.45) is 1.39. The van der Waals surface area contributed by atoms with Gasteiger partial charge in [0.1, 0.15) is 10.6 Å². The number of nitrogens with zero attached hydrogens (tertiary/aromatic N) is 1. The second-order valence-corrected chi connectivity index (χ2v) is 6.93. The summed E-state index contributed by atoms with van der Waals surface area (Å²) in [7, 11) is -2.05. The maximum atomic E-state index is 12.1. The molecule has 0 aliphatic rings. The van der Waals surface area contributed by atoms with Crippen LogP contribution in [-0.4, -0.2) is 31.1 Å². The van der Waals surface area contributed by atoms with Crippen molar-refractivity contribution in [1.29, 1.82) is 0 Å². The molecule has 0 saturated carbocycles. The van der Waals surface area contributed by atoms with Crippen LogP contribution in [0.2, 0.25) is 0 Å². The Hall–Kier alpha value is -1.34. The average Bonchev–Trinajstić information content (AvgIpc) is 2.57. The number of rotatable bonds is 4. The van der Waals surface area contributed by atoms with Crippen molar-refractivity contribution in [1.82, 2.24) is 9.29 Å². The van der Waals surface area contributed by atoms with Gasteiger partial charge in [0.2, 0.25) is 10.0 Å². The van der Waals surface area contributed by atoms with Crippen LogP contribution in [0.25, 0.3) is 0 Å². The molecule has 0 radical (unpaired) electrons. The number of aromatic nitrogens is 1. The molecule has 0 aromatic carbocycles. The lowest BCUT2D eigenvalue weighted by molar-refractivity contribution is 0.0515. The zero-order valence-corrected chi connectivity index (χ0v) is 12.7. The van der Waals surface area contributed by atoms with E-state index in [-0.39, 0.29) is 17.2 Å². The molecule has 108 valence electrons. The maximum Gasteiger partial charge on any atom is 0.354 e. The van der Waals surface area contributed by atoms with Crippen LogP contribution in [0.4, 0.5) is 0 Å². The number of esters is 1. The third kappa shape index (κ3) is 4.07. The summed E-state index contributed by atoms with van der Waals surface area (Å²) in [5.74, 6) is -0.540. The van der Waals surface area contributed by atoms with Gasteiger partial charge < -0.3 is 9.30 Å². The van der Waals surface area contributed by atoms with E-state index in [1.54, 1.807) is 34.7 Å². The first-order valence-electron chi connectivity index (χ1n) is 5.94. The van der Waals surface area contributed by atoms with Crippen molar-refractivity contribution in [2.45, 2.75) is 38.1 Å². The van der Waals surface area contributed by atoms with Crippen molar-refractivity contribution in [3.63, 3.8) is 0 Å². The quantitative estimate of drug-likeness (QED) is 0.847. The number of carbonyl (C=O) groups excluding carboxylic acids is 1. The summed E-state index contributed by atoms with van der Waals surface area (Å²) in [6, 6.07) is 1.31. The Bertz CT molecular complexity index is 567. The smallest absolute Gasteiger partial charge is 0.354 e. The van der Waals surface area contributed by atoms with E-state index in [1.807, 2.05) is 0 Å². The SMILES string of the molecule is CCOC(=O)c1cc(S(=O)(=O)NC(C)(C)C)cn1C. The minimum atomic E-state index is -3.65. The minimum Gasteiger partial charge on any atom is -0.461 e. The van der Waals surface area contributed by atoms with Crippen LogP contribution in [0, 0.1) is 0 Å². The molecule has 7 heteroatoms. The molecule has 0 fully saturated rings. The van der Waals surface area contributed by atoms with Crippen LogP contribution in [0.3, 0.4) is 0 Å². The molecule has 0 saturated heterocycles. The van der Waals surface area contributed by atoms with Crippen molar-refractivity contribution in [3.8, 4) is 0 Å². The van der Waals surface area contributed by atoms with E-state index >= 15 is 0 Å². The molecule has 19 heavy (non-hydrogen) atoms. The molecule has 0 atom stereocenters. The number of nitrogens with one attached hydrogen (secondary N) is 1. The van der Waals surface area contributed by atoms with Gasteiger partial charge >= 0.3 is 5.97 Å². The van der Waals surface area contributed by atoms with E-state index < -0.39 is 21.5 Å². The Morgan fingerprint density at radius 2 is 2.00 bits per heavy atom. The highest BCUT2D eigenvalue weighted by atomic mass is 32.2. The van der Waals surface area contributed by atoms with Crippen molar-refractivity contribution >= 4 is 16.0 Å². The van der Waals surface area contributed by atoms with Gasteiger partial charge in [-0.15, -0.1) is 0 Å². The van der Waals surface area contributed by atoms with Gasteiger partial charge in [-0.05, 0) is 33.8 Å². The van der Waals surface area contributed by atoms with Crippen LogP contribution in [-0.2, 0) is 21.8 Å². The molecule has 1 aromatic rings. The minimum absolute atomic E-state index is 0.0491. The van der Waals surface area contributed by atoms with Gasteiger partial charge in [-0.1, -0.05) is 0 Å². The second kappa shape index (κ2) is 5.34. The molecular formula is C12H20N2O4S. The highest BCUT2D eigenvalue weighted by Crippen LogP contribution is 2.16. The van der Waals surface area contributed by atoms with Gasteiger partial charge in [-0.2, -0.15) is 0 Å². The molecule has 0 aliphatic carbocycles. The number of hydrogen-bond acceptors (Lipinski definition) is 4. The fourth-order valence-electron chi connectivity index (χ4n) is 1.55. The first kappa shape index (κ1) is 15.7. The monoisotopic (exact) mass is 288 g/mol. The fraction of sp³-hybridized carbons (Fsp3) is 0.583. The first-order chi connectivity index (χ1) is 8.57. The number of carbonyl (C=O) groups is 1. The van der Waals surface area contributed by atoms with Crippen molar-refractivity contribution in [3.05, 3.63) is 18.0 Å². The number of sulfonamides is 1. The molecule has 0 aliphatic heterocycles. The fourth-order valence-corrected chi connectivity index (χ4v) is 3.04. The van der Waals surface area contributed by atoms with E-state index in [0.29, 0.717) is 0 Å². The van der Waals surface area contributed by atoms with Crippen molar-refractivity contribution in [2.24, 2.45) is 7.05 Å². The highest BCUT2D eigenvalue weighted by molar-refractivity contribution is 7.89. The lowest BCUT2D eigenvalue weighted by Gasteiger charge is -2.19. The number of hydrogen-bond donors (Lipinski definition) is 1. The van der Waals surface area contributed by atoms with E-state index in [0.717, 1.165) is 0 Å². The number of ether oxygens (including phenoxy) is 1. The van der Waals surface area contributed by atoms with Crippen LogP contribution in [0.1, 0.15) is 38.2 Å². The topological polar surface area (TPSA) is 77.4 Å². The van der Waals surface area contributed by atoms with Gasteiger partial charge in [-0.25, -0.2) is 17.9 Å². The van der Waals surface area contributed by atoms with E-state index in [1.165, 1.54) is 16.8 Å². The van der Waals surface area contributed by atoms with Gasteiger partial charge in [-0.3, -0.25) is 0 Å². The maximum absolute atomic E-state index is 12.1. The van der Waals surface area contributed by atoms with Gasteiger partial charge in [0.25, 0.3) is 0 Å². The van der Waals surface area contributed by atoms with Gasteiger partial charge in [0, 0.05) is 18.8 Å². The molecule has 0 unspecified atom stereocenters. The molecule has 1 rings (SSSR count). The molecular weight excluding hydrogens is 268 g/mol. The predicted molar refractivity (Wildman–Crippen MR) is 71.4 cm³/mol. The normalized spacial score (nSPS) is 12.5. The lowest BCUT2D eigenvalue weighted by atomic mass is 10.1. The summed E-state index contributed by atoms with van der Waals surface area (Å²) < 4.78 is 33.1. The molecule has 1 N–H and O–H groups in total. The Kier molecular flexibility index (Phi) is 4.42. The van der Waals surface area contributed by atoms with Crippen LogP contribution >= 0.6 is 0 Å². The average molecular weight is 288 g/mol. The molecule has 1 heterocycles. The Morgan fingerprint density at radius 1 is 1.42 bits per heavy atom. The zero-order chi connectivity index (χ0) is 14.8. The Labute approximate surface area is 113 Å². The summed E-state index contributed by atoms with van der Waals surface area (Å²) in [5.41, 5.74) is -0.380. The molecule has 0 spiro atoms. The van der Waals surface area contributed by atoms with Gasteiger partial charge in [0.05, 0.1) is 6.61 Å². The predicted octanol–water partition coefficient (Wildman–Crippen LogP) is 1.28.